The Morgan fingerprint density at radius 3 is 2.78 bits per heavy atom. The van der Waals surface area contributed by atoms with Gasteiger partial charge in [-0.05, 0) is 61.1 Å². The molecule has 0 aliphatic carbocycles. The van der Waals surface area contributed by atoms with Crippen LogP contribution in [0, 0.1) is 11.7 Å². The number of H-pyrrole nitrogens is 1. The lowest BCUT2D eigenvalue weighted by Crippen LogP contribution is -2.34. The van der Waals surface area contributed by atoms with Crippen molar-refractivity contribution in [2.24, 2.45) is 5.92 Å². The van der Waals surface area contributed by atoms with Gasteiger partial charge >= 0.3 is 0 Å². The molecule has 0 spiro atoms. The third-order valence-electron chi connectivity index (χ3n) is 6.43. The fourth-order valence-corrected chi connectivity index (χ4v) is 4.73. The fourth-order valence-electron chi connectivity index (χ4n) is 4.73. The van der Waals surface area contributed by atoms with Gasteiger partial charge in [-0.3, -0.25) is 14.6 Å². The highest BCUT2D eigenvalue weighted by molar-refractivity contribution is 5.84. The van der Waals surface area contributed by atoms with Gasteiger partial charge in [0.05, 0.1) is 17.9 Å². The van der Waals surface area contributed by atoms with E-state index >= 15 is 0 Å². The number of hydrogen-bond acceptors (Lipinski definition) is 3. The molecular formula is C25H26FN5O. The van der Waals surface area contributed by atoms with Crippen LogP contribution in [0.4, 0.5) is 4.39 Å². The zero-order valence-electron chi connectivity index (χ0n) is 18.0. The quantitative estimate of drug-likeness (QED) is 0.491. The van der Waals surface area contributed by atoms with E-state index in [1.807, 2.05) is 23.5 Å². The number of aromatic amines is 1. The molecule has 2 atom stereocenters. The topological polar surface area (TPSA) is 66.8 Å². The zero-order chi connectivity index (χ0) is 22.1. The highest BCUT2D eigenvalue weighted by Gasteiger charge is 2.32. The minimum absolute atomic E-state index is 0.166. The Morgan fingerprint density at radius 2 is 2.00 bits per heavy atom. The van der Waals surface area contributed by atoms with E-state index in [1.165, 1.54) is 12.1 Å². The molecule has 164 valence electrons. The van der Waals surface area contributed by atoms with Crippen LogP contribution in [0.2, 0.25) is 0 Å². The Kier molecular flexibility index (Phi) is 5.47. The fraction of sp³-hybridized carbons (Fsp3) is 0.320. The van der Waals surface area contributed by atoms with Gasteiger partial charge in [-0.25, -0.2) is 4.39 Å². The first-order valence-corrected chi connectivity index (χ1v) is 11.1. The third-order valence-corrected chi connectivity index (χ3v) is 6.43. The SMILES string of the molecule is C[C@H]1C[C@H](Cn2ncc3cc(-c4cn[nH]c4)ccc32)CN1C(=O)CCc1ccc(F)cc1. The van der Waals surface area contributed by atoms with Crippen molar-refractivity contribution in [2.45, 2.75) is 38.8 Å². The first kappa shape index (κ1) is 20.4. The number of nitrogens with zero attached hydrogens (tertiary/aromatic N) is 4. The third kappa shape index (κ3) is 4.15. The molecule has 1 aliphatic rings. The van der Waals surface area contributed by atoms with Gasteiger partial charge in [0, 0.05) is 42.7 Å². The van der Waals surface area contributed by atoms with Crippen LogP contribution in [0.15, 0.2) is 61.1 Å². The Morgan fingerprint density at radius 1 is 1.16 bits per heavy atom. The van der Waals surface area contributed by atoms with Gasteiger partial charge in [0.2, 0.25) is 5.91 Å². The van der Waals surface area contributed by atoms with E-state index in [0.717, 1.165) is 47.1 Å². The molecule has 1 saturated heterocycles. The van der Waals surface area contributed by atoms with E-state index in [0.29, 0.717) is 18.8 Å². The van der Waals surface area contributed by atoms with Crippen LogP contribution >= 0.6 is 0 Å². The largest absolute Gasteiger partial charge is 0.340 e. The van der Waals surface area contributed by atoms with Crippen LogP contribution < -0.4 is 0 Å². The van der Waals surface area contributed by atoms with E-state index in [1.54, 1.807) is 12.1 Å². The average Bonchev–Trinajstić information content (AvgIpc) is 3.54. The molecule has 1 aliphatic heterocycles. The molecule has 7 heteroatoms. The van der Waals surface area contributed by atoms with E-state index in [2.05, 4.69) is 45.1 Å². The van der Waals surface area contributed by atoms with Gasteiger partial charge in [0.25, 0.3) is 0 Å². The summed E-state index contributed by atoms with van der Waals surface area (Å²) in [6, 6.07) is 12.9. The molecule has 1 amide bonds. The molecule has 2 aromatic carbocycles. The van der Waals surface area contributed by atoms with Gasteiger partial charge < -0.3 is 4.90 Å². The minimum Gasteiger partial charge on any atom is -0.340 e. The molecule has 0 unspecified atom stereocenters. The lowest BCUT2D eigenvalue weighted by Gasteiger charge is -2.21. The van der Waals surface area contributed by atoms with Crippen molar-refractivity contribution in [3.63, 3.8) is 0 Å². The van der Waals surface area contributed by atoms with E-state index in [4.69, 9.17) is 0 Å². The predicted molar refractivity (Wildman–Crippen MR) is 121 cm³/mol. The number of nitrogens with one attached hydrogen (secondary N) is 1. The van der Waals surface area contributed by atoms with Crippen molar-refractivity contribution in [1.29, 1.82) is 0 Å². The Bertz CT molecular complexity index is 1220. The number of aryl methyl sites for hydroxylation is 1. The number of rotatable bonds is 6. The summed E-state index contributed by atoms with van der Waals surface area (Å²) in [7, 11) is 0. The van der Waals surface area contributed by atoms with Gasteiger partial charge in [-0.1, -0.05) is 18.2 Å². The van der Waals surface area contributed by atoms with Crippen LogP contribution in [0.3, 0.4) is 0 Å². The molecule has 5 rings (SSSR count). The van der Waals surface area contributed by atoms with Crippen LogP contribution in [0.1, 0.15) is 25.3 Å². The number of hydrogen-bond donors (Lipinski definition) is 1. The maximum absolute atomic E-state index is 13.1. The first-order chi connectivity index (χ1) is 15.6. The number of carbonyl (C=O) groups is 1. The van der Waals surface area contributed by atoms with Crippen molar-refractivity contribution >= 4 is 16.8 Å². The molecule has 2 aromatic heterocycles. The molecule has 3 heterocycles. The summed E-state index contributed by atoms with van der Waals surface area (Å²) in [4.78, 5) is 14.8. The normalized spacial score (nSPS) is 18.5. The number of aromatic nitrogens is 4. The van der Waals surface area contributed by atoms with Gasteiger partial charge in [-0.2, -0.15) is 10.2 Å². The van der Waals surface area contributed by atoms with Crippen molar-refractivity contribution in [3.8, 4) is 11.1 Å². The zero-order valence-corrected chi connectivity index (χ0v) is 18.0. The lowest BCUT2D eigenvalue weighted by atomic mass is 10.1. The molecule has 4 aromatic rings. The smallest absolute Gasteiger partial charge is 0.223 e. The van der Waals surface area contributed by atoms with E-state index in [9.17, 15) is 9.18 Å². The predicted octanol–water partition coefficient (Wildman–Crippen LogP) is 4.44. The highest BCUT2D eigenvalue weighted by atomic mass is 19.1. The van der Waals surface area contributed by atoms with E-state index in [-0.39, 0.29) is 17.8 Å². The van der Waals surface area contributed by atoms with Crippen LogP contribution in [-0.4, -0.2) is 43.4 Å². The summed E-state index contributed by atoms with van der Waals surface area (Å²) < 4.78 is 15.1. The van der Waals surface area contributed by atoms with Gasteiger partial charge in [0.1, 0.15) is 5.82 Å². The van der Waals surface area contributed by atoms with Crippen LogP contribution in [0.5, 0.6) is 0 Å². The summed E-state index contributed by atoms with van der Waals surface area (Å²) in [6.45, 7) is 3.66. The molecule has 32 heavy (non-hydrogen) atoms. The lowest BCUT2D eigenvalue weighted by molar-refractivity contribution is -0.131. The summed E-state index contributed by atoms with van der Waals surface area (Å²) in [5.41, 5.74) is 4.25. The highest BCUT2D eigenvalue weighted by Crippen LogP contribution is 2.28. The Labute approximate surface area is 186 Å². The number of benzene rings is 2. The van der Waals surface area contributed by atoms with Crippen molar-refractivity contribution < 1.29 is 9.18 Å². The standard InChI is InChI=1S/C25H26FN5O/c1-17-10-19(15-30(17)25(32)9-4-18-2-6-23(26)7-3-18)16-31-24-8-5-20(11-21(24)14-29-31)22-12-27-28-13-22/h2-3,5-8,11-14,17,19H,4,9-10,15-16H2,1H3,(H,27,28)/t17-,19-/m0/s1. The molecule has 1 fully saturated rings. The first-order valence-electron chi connectivity index (χ1n) is 11.1. The molecule has 6 nitrogen and oxygen atoms in total. The molecule has 0 radical (unpaired) electrons. The Hall–Kier alpha value is -3.48. The maximum Gasteiger partial charge on any atom is 0.223 e. The molecular weight excluding hydrogens is 405 g/mol. The second kappa shape index (κ2) is 8.57. The van der Waals surface area contributed by atoms with Crippen LogP contribution in [0.25, 0.3) is 22.0 Å². The maximum atomic E-state index is 13.1. The minimum atomic E-state index is -0.250. The number of likely N-dealkylation sites (tertiary alicyclic amines) is 1. The van der Waals surface area contributed by atoms with E-state index < -0.39 is 0 Å². The number of halogens is 1. The molecule has 1 N–H and O–H groups in total. The van der Waals surface area contributed by atoms with Gasteiger partial charge in [0.15, 0.2) is 0 Å². The van der Waals surface area contributed by atoms with Crippen molar-refractivity contribution in [2.75, 3.05) is 6.54 Å². The monoisotopic (exact) mass is 431 g/mol. The van der Waals surface area contributed by atoms with Crippen molar-refractivity contribution in [3.05, 3.63) is 72.4 Å². The summed E-state index contributed by atoms with van der Waals surface area (Å²) in [6.07, 6.45) is 7.65. The second-order valence-corrected chi connectivity index (χ2v) is 8.71. The molecule has 0 saturated carbocycles. The number of amides is 1. The van der Waals surface area contributed by atoms with Crippen LogP contribution in [-0.2, 0) is 17.8 Å². The summed E-state index contributed by atoms with van der Waals surface area (Å²) in [5.74, 6) is 0.288. The summed E-state index contributed by atoms with van der Waals surface area (Å²) >= 11 is 0. The number of carbonyl (C=O) groups excluding carboxylic acids is 1. The average molecular weight is 432 g/mol. The summed E-state index contributed by atoms with van der Waals surface area (Å²) in [5, 5.41) is 12.6. The Balaban J connectivity index is 1.22. The number of fused-ring (bicyclic) bond motifs is 1. The molecule has 0 bridgehead atoms. The van der Waals surface area contributed by atoms with Crippen molar-refractivity contribution in [1.82, 2.24) is 24.9 Å². The second-order valence-electron chi connectivity index (χ2n) is 8.71. The van der Waals surface area contributed by atoms with Gasteiger partial charge in [-0.15, -0.1) is 0 Å².